The van der Waals surface area contributed by atoms with Crippen LogP contribution in [0.25, 0.3) is 6.08 Å². The lowest BCUT2D eigenvalue weighted by atomic mass is 10.2. The van der Waals surface area contributed by atoms with E-state index in [9.17, 15) is 18.0 Å². The Hall–Kier alpha value is -2.61. The van der Waals surface area contributed by atoms with Gasteiger partial charge in [-0.05, 0) is 35.9 Å². The molecule has 1 amide bonds. The summed E-state index contributed by atoms with van der Waals surface area (Å²) in [6.07, 6.45) is -1.37. The van der Waals surface area contributed by atoms with Gasteiger partial charge in [0, 0.05) is 11.0 Å². The molecule has 2 aromatic rings. The van der Waals surface area contributed by atoms with E-state index in [-0.39, 0.29) is 0 Å². The van der Waals surface area contributed by atoms with Crippen molar-refractivity contribution in [2.75, 3.05) is 24.3 Å². The Bertz CT molecular complexity index is 852. The fraction of sp³-hybridized carbons (Fsp3) is 0.211. The Morgan fingerprint density at radius 2 is 1.85 bits per heavy atom. The maximum Gasteiger partial charge on any atom is 0.398 e. The molecule has 8 heteroatoms. The Labute approximate surface area is 158 Å². The number of carbonyl (C=O) groups is 1. The number of hydrogen-bond acceptors (Lipinski definition) is 4. The van der Waals surface area contributed by atoms with Crippen molar-refractivity contribution in [3.8, 4) is 11.5 Å². The number of carbonyl (C=O) groups excluding carboxylic acids is 1. The zero-order chi connectivity index (χ0) is 19.3. The summed E-state index contributed by atoms with van der Waals surface area (Å²) < 4.78 is 48.2. The summed E-state index contributed by atoms with van der Waals surface area (Å²) in [5, 5.41) is 2.61. The van der Waals surface area contributed by atoms with Crippen LogP contribution in [0.5, 0.6) is 11.5 Å². The molecular weight excluding hydrogens is 379 g/mol. The molecule has 0 radical (unpaired) electrons. The minimum atomic E-state index is -4.28. The number of alkyl halides is 3. The molecule has 2 aromatic carbocycles. The van der Waals surface area contributed by atoms with Crippen LogP contribution in [0.2, 0.25) is 0 Å². The molecule has 0 unspecified atom stereocenters. The summed E-state index contributed by atoms with van der Waals surface area (Å²) in [5.41, 5.74) is 1.08. The molecule has 1 aliphatic rings. The van der Waals surface area contributed by atoms with Crippen molar-refractivity contribution in [1.29, 1.82) is 0 Å². The minimum absolute atomic E-state index is 0.337. The number of ether oxygens (including phenoxy) is 2. The first kappa shape index (κ1) is 19.2. The van der Waals surface area contributed by atoms with Crippen LogP contribution < -0.4 is 14.8 Å². The molecule has 3 rings (SSSR count). The van der Waals surface area contributed by atoms with Gasteiger partial charge >= 0.3 is 6.18 Å². The van der Waals surface area contributed by atoms with Crippen molar-refractivity contribution in [2.45, 2.75) is 11.1 Å². The van der Waals surface area contributed by atoms with E-state index in [1.54, 1.807) is 42.5 Å². The van der Waals surface area contributed by atoms with Gasteiger partial charge in [-0.15, -0.1) is 11.8 Å². The molecule has 4 nitrogen and oxygen atoms in total. The third-order valence-corrected chi connectivity index (χ3v) is 4.67. The summed E-state index contributed by atoms with van der Waals surface area (Å²) in [7, 11) is 0. The molecule has 0 aromatic heterocycles. The standard InChI is InChI=1S/C19H16F3NO3S/c20-19(21,22)12-27-17-4-2-1-3-14(17)23-18(24)8-6-13-5-7-15-16(11-13)26-10-9-25-15/h1-8,11H,9-10,12H2,(H,23,24). The second kappa shape index (κ2) is 8.39. The van der Waals surface area contributed by atoms with Crippen LogP contribution >= 0.6 is 11.8 Å². The topological polar surface area (TPSA) is 47.6 Å². The highest BCUT2D eigenvalue weighted by atomic mass is 32.2. The fourth-order valence-corrected chi connectivity index (χ4v) is 3.13. The predicted octanol–water partition coefficient (Wildman–Crippen LogP) is 4.76. The minimum Gasteiger partial charge on any atom is -0.486 e. The van der Waals surface area contributed by atoms with Crippen molar-refractivity contribution >= 4 is 29.4 Å². The molecule has 142 valence electrons. The van der Waals surface area contributed by atoms with E-state index in [1.165, 1.54) is 12.1 Å². The molecule has 1 N–H and O–H groups in total. The summed E-state index contributed by atoms with van der Waals surface area (Å²) in [6.45, 7) is 0.962. The van der Waals surface area contributed by atoms with Crippen LogP contribution in [0, 0.1) is 0 Å². The highest BCUT2D eigenvalue weighted by Crippen LogP contribution is 2.33. The summed E-state index contributed by atoms with van der Waals surface area (Å²) in [5.74, 6) is -0.200. The molecule has 0 aliphatic carbocycles. The largest absolute Gasteiger partial charge is 0.486 e. The van der Waals surface area contributed by atoms with E-state index in [4.69, 9.17) is 9.47 Å². The first-order chi connectivity index (χ1) is 12.9. The van der Waals surface area contributed by atoms with Crippen LogP contribution in [0.15, 0.2) is 53.4 Å². The normalized spacial score (nSPS) is 13.6. The number of hydrogen-bond donors (Lipinski definition) is 1. The number of nitrogens with one attached hydrogen (secondary N) is 1. The zero-order valence-corrected chi connectivity index (χ0v) is 14.9. The molecule has 0 fully saturated rings. The SMILES string of the molecule is O=C(C=Cc1ccc2c(c1)OCCO2)Nc1ccccc1SCC(F)(F)F. The predicted molar refractivity (Wildman–Crippen MR) is 98.3 cm³/mol. The van der Waals surface area contributed by atoms with Gasteiger partial charge in [-0.2, -0.15) is 13.2 Å². The highest BCUT2D eigenvalue weighted by Gasteiger charge is 2.27. The first-order valence-electron chi connectivity index (χ1n) is 8.08. The Morgan fingerprint density at radius 3 is 2.63 bits per heavy atom. The third kappa shape index (κ3) is 5.68. The van der Waals surface area contributed by atoms with Gasteiger partial charge in [0.1, 0.15) is 13.2 Å². The molecular formula is C19H16F3NO3S. The smallest absolute Gasteiger partial charge is 0.398 e. The number of rotatable bonds is 5. The van der Waals surface area contributed by atoms with Gasteiger partial charge < -0.3 is 14.8 Å². The van der Waals surface area contributed by atoms with Crippen molar-refractivity contribution in [1.82, 2.24) is 0 Å². The van der Waals surface area contributed by atoms with Gasteiger partial charge in [-0.1, -0.05) is 18.2 Å². The average molecular weight is 395 g/mol. The Kier molecular flexibility index (Phi) is 5.95. The van der Waals surface area contributed by atoms with Crippen LogP contribution in [-0.2, 0) is 4.79 Å². The maximum atomic E-state index is 12.4. The molecule has 0 atom stereocenters. The third-order valence-electron chi connectivity index (χ3n) is 3.53. The number of thioether (sulfide) groups is 1. The molecule has 0 bridgehead atoms. The van der Waals surface area contributed by atoms with E-state index in [0.717, 1.165) is 5.56 Å². The lowest BCUT2D eigenvalue weighted by molar-refractivity contribution is -0.111. The summed E-state index contributed by atoms with van der Waals surface area (Å²) in [6, 6.07) is 11.7. The highest BCUT2D eigenvalue weighted by molar-refractivity contribution is 7.99. The number of fused-ring (bicyclic) bond motifs is 1. The van der Waals surface area contributed by atoms with Gasteiger partial charge in [0.05, 0.1) is 11.4 Å². The number of anilines is 1. The van der Waals surface area contributed by atoms with Crippen molar-refractivity contribution in [3.05, 3.63) is 54.1 Å². The molecule has 27 heavy (non-hydrogen) atoms. The first-order valence-corrected chi connectivity index (χ1v) is 9.06. The van der Waals surface area contributed by atoms with Crippen molar-refractivity contribution in [3.63, 3.8) is 0 Å². The van der Waals surface area contributed by atoms with E-state index in [2.05, 4.69) is 5.32 Å². The van der Waals surface area contributed by atoms with E-state index in [0.29, 0.717) is 47.1 Å². The summed E-state index contributed by atoms with van der Waals surface area (Å²) >= 11 is 0.632. The van der Waals surface area contributed by atoms with Crippen molar-refractivity contribution < 1.29 is 27.4 Å². The van der Waals surface area contributed by atoms with Gasteiger partial charge in [0.15, 0.2) is 11.5 Å². The van der Waals surface area contributed by atoms with Crippen LogP contribution in [0.4, 0.5) is 18.9 Å². The number of halogens is 3. The fourth-order valence-electron chi connectivity index (χ4n) is 2.37. The quantitative estimate of drug-likeness (QED) is 0.586. The summed E-state index contributed by atoms with van der Waals surface area (Å²) in [4.78, 5) is 12.5. The van der Waals surface area contributed by atoms with Crippen molar-refractivity contribution in [2.24, 2.45) is 0 Å². The number of benzene rings is 2. The second-order valence-corrected chi connectivity index (χ2v) is 6.64. The zero-order valence-electron chi connectivity index (χ0n) is 14.1. The van der Waals surface area contributed by atoms with E-state index in [1.807, 2.05) is 0 Å². The Morgan fingerprint density at radius 1 is 1.11 bits per heavy atom. The van der Waals surface area contributed by atoms with Gasteiger partial charge in [0.2, 0.25) is 5.91 Å². The lowest BCUT2D eigenvalue weighted by Gasteiger charge is -2.18. The second-order valence-electron chi connectivity index (χ2n) is 5.63. The monoisotopic (exact) mass is 395 g/mol. The molecule has 0 spiro atoms. The molecule has 0 saturated carbocycles. The van der Waals surface area contributed by atoms with Gasteiger partial charge in [-0.25, -0.2) is 0 Å². The average Bonchev–Trinajstić information content (AvgIpc) is 2.65. The van der Waals surface area contributed by atoms with Crippen LogP contribution in [0.3, 0.4) is 0 Å². The molecule has 0 saturated heterocycles. The number of amides is 1. The van der Waals surface area contributed by atoms with E-state index < -0.39 is 17.8 Å². The lowest BCUT2D eigenvalue weighted by Crippen LogP contribution is -2.15. The maximum absolute atomic E-state index is 12.4. The van der Waals surface area contributed by atoms with E-state index >= 15 is 0 Å². The van der Waals surface area contributed by atoms with Crippen LogP contribution in [-0.4, -0.2) is 31.1 Å². The molecule has 1 heterocycles. The van der Waals surface area contributed by atoms with Gasteiger partial charge in [0.25, 0.3) is 0 Å². The Balaban J connectivity index is 1.65. The van der Waals surface area contributed by atoms with Gasteiger partial charge in [-0.3, -0.25) is 4.79 Å². The van der Waals surface area contributed by atoms with Crippen LogP contribution in [0.1, 0.15) is 5.56 Å². The molecule has 1 aliphatic heterocycles. The number of para-hydroxylation sites is 1.